The lowest BCUT2D eigenvalue weighted by molar-refractivity contribution is -0.123. The zero-order valence-electron chi connectivity index (χ0n) is 13.4. The van der Waals surface area contributed by atoms with Crippen molar-refractivity contribution in [1.82, 2.24) is 15.5 Å². The van der Waals surface area contributed by atoms with Crippen LogP contribution in [0.15, 0.2) is 24.3 Å². The number of piperazine rings is 1. The molecule has 1 heterocycles. The van der Waals surface area contributed by atoms with Gasteiger partial charge in [0.25, 0.3) is 0 Å². The summed E-state index contributed by atoms with van der Waals surface area (Å²) in [5.74, 6) is 0.129. The van der Waals surface area contributed by atoms with Crippen molar-refractivity contribution in [3.63, 3.8) is 0 Å². The van der Waals surface area contributed by atoms with Crippen LogP contribution < -0.4 is 10.6 Å². The van der Waals surface area contributed by atoms with Crippen LogP contribution in [0.1, 0.15) is 25.0 Å². The third-order valence-corrected chi connectivity index (χ3v) is 4.18. The highest BCUT2D eigenvalue weighted by Gasteiger charge is 2.20. The van der Waals surface area contributed by atoms with E-state index in [-0.39, 0.29) is 11.9 Å². The molecule has 0 bridgehead atoms. The summed E-state index contributed by atoms with van der Waals surface area (Å²) in [5, 5.41) is 6.47. The second-order valence-corrected chi connectivity index (χ2v) is 6.12. The molecule has 21 heavy (non-hydrogen) atoms. The Balaban J connectivity index is 1.80. The first-order valence-corrected chi connectivity index (χ1v) is 7.85. The van der Waals surface area contributed by atoms with Crippen LogP contribution in [-0.4, -0.2) is 49.1 Å². The van der Waals surface area contributed by atoms with Crippen LogP contribution >= 0.6 is 0 Å². The lowest BCUT2D eigenvalue weighted by atomic mass is 10.0. The van der Waals surface area contributed by atoms with Gasteiger partial charge in [-0.1, -0.05) is 24.3 Å². The number of amides is 1. The van der Waals surface area contributed by atoms with Crippen LogP contribution in [0.25, 0.3) is 0 Å². The van der Waals surface area contributed by atoms with Crippen LogP contribution in [0.5, 0.6) is 0 Å². The maximum absolute atomic E-state index is 12.2. The zero-order chi connectivity index (χ0) is 15.2. The van der Waals surface area contributed by atoms with Crippen molar-refractivity contribution < 1.29 is 4.79 Å². The van der Waals surface area contributed by atoms with Gasteiger partial charge in [0.2, 0.25) is 5.91 Å². The van der Waals surface area contributed by atoms with Crippen molar-refractivity contribution in [3.05, 3.63) is 35.4 Å². The number of rotatable bonds is 5. The van der Waals surface area contributed by atoms with E-state index in [4.69, 9.17) is 0 Å². The van der Waals surface area contributed by atoms with Gasteiger partial charge in [-0.05, 0) is 38.3 Å². The van der Waals surface area contributed by atoms with Crippen molar-refractivity contribution in [2.75, 3.05) is 26.2 Å². The summed E-state index contributed by atoms with van der Waals surface area (Å²) in [6.45, 7) is 9.73. The van der Waals surface area contributed by atoms with Crippen LogP contribution in [0.3, 0.4) is 0 Å². The average Bonchev–Trinajstić information content (AvgIpc) is 2.44. The topological polar surface area (TPSA) is 44.4 Å². The summed E-state index contributed by atoms with van der Waals surface area (Å²) >= 11 is 0. The molecule has 1 unspecified atom stereocenters. The maximum atomic E-state index is 12.2. The highest BCUT2D eigenvalue weighted by Crippen LogP contribution is 2.09. The summed E-state index contributed by atoms with van der Waals surface area (Å²) in [6, 6.07) is 8.95. The van der Waals surface area contributed by atoms with E-state index < -0.39 is 0 Å². The molecule has 1 aromatic carbocycles. The number of aryl methyl sites for hydroxylation is 1. The molecule has 116 valence electrons. The fourth-order valence-electron chi connectivity index (χ4n) is 2.84. The van der Waals surface area contributed by atoms with Crippen molar-refractivity contribution in [3.8, 4) is 0 Å². The molecule has 1 aliphatic heterocycles. The monoisotopic (exact) mass is 289 g/mol. The van der Waals surface area contributed by atoms with Crippen molar-refractivity contribution >= 4 is 5.91 Å². The highest BCUT2D eigenvalue weighted by atomic mass is 16.2. The minimum absolute atomic E-state index is 0.129. The van der Waals surface area contributed by atoms with Crippen LogP contribution in [-0.2, 0) is 11.2 Å². The second-order valence-electron chi connectivity index (χ2n) is 6.12. The minimum atomic E-state index is 0.129. The predicted molar refractivity (Wildman–Crippen MR) is 86.4 cm³/mol. The van der Waals surface area contributed by atoms with E-state index in [1.54, 1.807) is 0 Å². The average molecular weight is 289 g/mol. The molecule has 4 heteroatoms. The molecule has 1 amide bonds. The first-order valence-electron chi connectivity index (χ1n) is 7.85. The SMILES string of the molecule is Cc1ccccc1CC(C)NC(=O)CN1CCNC[C@H]1C. The predicted octanol–water partition coefficient (Wildman–Crippen LogP) is 1.34. The highest BCUT2D eigenvalue weighted by molar-refractivity contribution is 5.78. The van der Waals surface area contributed by atoms with E-state index in [2.05, 4.69) is 54.5 Å². The number of benzene rings is 1. The van der Waals surface area contributed by atoms with Crippen molar-refractivity contribution in [1.29, 1.82) is 0 Å². The molecule has 0 aliphatic carbocycles. The maximum Gasteiger partial charge on any atom is 0.234 e. The van der Waals surface area contributed by atoms with Crippen LogP contribution in [0, 0.1) is 6.92 Å². The lowest BCUT2D eigenvalue weighted by Gasteiger charge is -2.33. The molecular formula is C17H27N3O. The van der Waals surface area contributed by atoms with Crippen LogP contribution in [0.4, 0.5) is 0 Å². The lowest BCUT2D eigenvalue weighted by Crippen LogP contribution is -2.53. The van der Waals surface area contributed by atoms with Gasteiger partial charge in [-0.3, -0.25) is 9.69 Å². The molecule has 2 N–H and O–H groups in total. The first kappa shape index (κ1) is 16.0. The molecule has 2 rings (SSSR count). The molecule has 4 nitrogen and oxygen atoms in total. The Bertz CT molecular complexity index is 475. The molecule has 1 aliphatic rings. The van der Waals surface area contributed by atoms with E-state index in [1.165, 1.54) is 11.1 Å². The molecule has 0 saturated carbocycles. The largest absolute Gasteiger partial charge is 0.352 e. The normalized spacial score (nSPS) is 21.0. The van der Waals surface area contributed by atoms with E-state index in [9.17, 15) is 4.79 Å². The second kappa shape index (κ2) is 7.57. The third-order valence-electron chi connectivity index (χ3n) is 4.18. The fraction of sp³-hybridized carbons (Fsp3) is 0.588. The third kappa shape index (κ3) is 4.83. The number of carbonyl (C=O) groups excluding carboxylic acids is 1. The Hall–Kier alpha value is -1.39. The standard InChI is InChI=1S/C17H27N3O/c1-13-6-4-5-7-16(13)10-14(2)19-17(21)12-20-9-8-18-11-15(20)3/h4-7,14-15,18H,8-12H2,1-3H3,(H,19,21)/t14?,15-/m1/s1. The quantitative estimate of drug-likeness (QED) is 0.860. The molecule has 1 aromatic rings. The summed E-state index contributed by atoms with van der Waals surface area (Å²) in [6.07, 6.45) is 0.884. The molecule has 1 fully saturated rings. The smallest absolute Gasteiger partial charge is 0.234 e. The van der Waals surface area contributed by atoms with Gasteiger partial charge in [0.1, 0.15) is 0 Å². The van der Waals surface area contributed by atoms with Crippen molar-refractivity contribution in [2.45, 2.75) is 39.3 Å². The number of hydrogen-bond donors (Lipinski definition) is 2. The Morgan fingerprint density at radius 3 is 2.95 bits per heavy atom. The number of nitrogens with one attached hydrogen (secondary N) is 2. The number of nitrogens with zero attached hydrogens (tertiary/aromatic N) is 1. The van der Waals surface area contributed by atoms with E-state index in [0.29, 0.717) is 12.6 Å². The summed E-state index contributed by atoms with van der Waals surface area (Å²) < 4.78 is 0. The Kier molecular flexibility index (Phi) is 5.76. The van der Waals surface area contributed by atoms with Gasteiger partial charge in [0.05, 0.1) is 6.54 Å². The van der Waals surface area contributed by atoms with Crippen molar-refractivity contribution in [2.24, 2.45) is 0 Å². The van der Waals surface area contributed by atoms with Gasteiger partial charge < -0.3 is 10.6 Å². The molecular weight excluding hydrogens is 262 g/mol. The van der Waals surface area contributed by atoms with Gasteiger partial charge in [-0.25, -0.2) is 0 Å². The number of carbonyl (C=O) groups is 1. The van der Waals surface area contributed by atoms with Gasteiger partial charge in [-0.2, -0.15) is 0 Å². The van der Waals surface area contributed by atoms with E-state index >= 15 is 0 Å². The van der Waals surface area contributed by atoms with Crippen LogP contribution in [0.2, 0.25) is 0 Å². The number of hydrogen-bond acceptors (Lipinski definition) is 3. The summed E-state index contributed by atoms with van der Waals surface area (Å²) in [4.78, 5) is 14.4. The first-order chi connectivity index (χ1) is 10.1. The Morgan fingerprint density at radius 1 is 1.48 bits per heavy atom. The zero-order valence-corrected chi connectivity index (χ0v) is 13.4. The molecule has 0 radical (unpaired) electrons. The van der Waals surface area contributed by atoms with E-state index in [0.717, 1.165) is 26.1 Å². The summed E-state index contributed by atoms with van der Waals surface area (Å²) in [7, 11) is 0. The molecule has 0 spiro atoms. The molecule has 1 saturated heterocycles. The van der Waals surface area contributed by atoms with Gasteiger partial charge >= 0.3 is 0 Å². The summed E-state index contributed by atoms with van der Waals surface area (Å²) in [5.41, 5.74) is 2.59. The fourth-order valence-corrected chi connectivity index (χ4v) is 2.84. The Morgan fingerprint density at radius 2 is 2.24 bits per heavy atom. The molecule has 0 aromatic heterocycles. The minimum Gasteiger partial charge on any atom is -0.352 e. The van der Waals surface area contributed by atoms with Gasteiger partial charge in [0, 0.05) is 31.7 Å². The van der Waals surface area contributed by atoms with Gasteiger partial charge in [-0.15, -0.1) is 0 Å². The molecule has 2 atom stereocenters. The Labute approximate surface area is 127 Å². The van der Waals surface area contributed by atoms with E-state index in [1.807, 2.05) is 6.07 Å². The van der Waals surface area contributed by atoms with Gasteiger partial charge in [0.15, 0.2) is 0 Å².